The van der Waals surface area contributed by atoms with Gasteiger partial charge < -0.3 is 9.15 Å². The first-order chi connectivity index (χ1) is 19.9. The fourth-order valence-corrected chi connectivity index (χ4v) is 5.76. The molecule has 2 aromatic heterocycles. The molecule has 9 nitrogen and oxygen atoms in total. The van der Waals surface area contributed by atoms with Crippen LogP contribution in [-0.4, -0.2) is 20.8 Å². The van der Waals surface area contributed by atoms with Gasteiger partial charge in [0.2, 0.25) is 5.82 Å². The number of rotatable bonds is 7. The quantitative estimate of drug-likeness (QED) is 0.0975. The zero-order valence-electron chi connectivity index (χ0n) is 21.0. The molecule has 0 atom stereocenters. The molecule has 0 radical (unpaired) electrons. The van der Waals surface area contributed by atoms with Gasteiger partial charge in [-0.3, -0.25) is 14.9 Å². The van der Waals surface area contributed by atoms with E-state index < -0.39 is 4.92 Å². The van der Waals surface area contributed by atoms with E-state index in [-0.39, 0.29) is 23.7 Å². The van der Waals surface area contributed by atoms with E-state index in [1.54, 1.807) is 48.7 Å². The number of halogens is 2. The van der Waals surface area contributed by atoms with E-state index in [9.17, 15) is 14.9 Å². The molecule has 0 aliphatic heterocycles. The second-order valence-corrected chi connectivity index (χ2v) is 10.7. The predicted molar refractivity (Wildman–Crippen MR) is 163 cm³/mol. The minimum Gasteiger partial charge on any atom is -0.487 e. The molecule has 0 spiro atoms. The van der Waals surface area contributed by atoms with E-state index in [4.69, 9.17) is 14.1 Å². The van der Waals surface area contributed by atoms with Gasteiger partial charge in [0.25, 0.3) is 11.2 Å². The molecule has 0 saturated heterocycles. The van der Waals surface area contributed by atoms with Crippen molar-refractivity contribution in [1.29, 1.82) is 0 Å². The van der Waals surface area contributed by atoms with E-state index >= 15 is 0 Å². The van der Waals surface area contributed by atoms with E-state index in [0.717, 1.165) is 5.39 Å². The monoisotopic (exact) mass is 672 g/mol. The van der Waals surface area contributed by atoms with Crippen LogP contribution in [0, 0.1) is 10.1 Å². The third-order valence-electron chi connectivity index (χ3n) is 6.25. The van der Waals surface area contributed by atoms with Crippen molar-refractivity contribution < 1.29 is 14.1 Å². The van der Waals surface area contributed by atoms with Crippen LogP contribution in [0.1, 0.15) is 11.1 Å². The summed E-state index contributed by atoms with van der Waals surface area (Å²) in [5.74, 6) is 1.20. The molecule has 0 bridgehead atoms. The Bertz CT molecular complexity index is 2000. The Morgan fingerprint density at radius 1 is 0.976 bits per heavy atom. The molecule has 2 heterocycles. The number of nitrogens with zero attached hydrogens (tertiary/aromatic N) is 4. The van der Waals surface area contributed by atoms with E-state index in [1.165, 1.54) is 16.8 Å². The summed E-state index contributed by atoms with van der Waals surface area (Å²) in [7, 11) is 0. The molecule has 0 amide bonds. The molecule has 11 heteroatoms. The smallest absolute Gasteiger partial charge is 0.282 e. The predicted octanol–water partition coefficient (Wildman–Crippen LogP) is 7.70. The molecule has 202 valence electrons. The lowest BCUT2D eigenvalue weighted by Gasteiger charge is -2.11. The summed E-state index contributed by atoms with van der Waals surface area (Å²) in [6.45, 7) is 0.130. The van der Waals surface area contributed by atoms with Crippen molar-refractivity contribution in [2.45, 2.75) is 6.61 Å². The lowest BCUT2D eigenvalue weighted by Crippen LogP contribution is -2.20. The highest BCUT2D eigenvalue weighted by Crippen LogP contribution is 2.35. The number of hydrogen-bond acceptors (Lipinski definition) is 7. The summed E-state index contributed by atoms with van der Waals surface area (Å²) >= 11 is 7.06. The maximum Gasteiger partial charge on any atom is 0.282 e. The van der Waals surface area contributed by atoms with Crippen molar-refractivity contribution in [3.63, 3.8) is 0 Å². The minimum atomic E-state index is -0.445. The number of nitro groups is 1. The molecule has 4 aromatic carbocycles. The molecular weight excluding hydrogens is 656 g/mol. The molecule has 6 rings (SSSR count). The number of benzene rings is 4. The van der Waals surface area contributed by atoms with Crippen LogP contribution in [0.15, 0.2) is 114 Å². The first kappa shape index (κ1) is 26.6. The highest BCUT2D eigenvalue weighted by Gasteiger charge is 2.17. The summed E-state index contributed by atoms with van der Waals surface area (Å²) in [6.07, 6.45) is 1.55. The Morgan fingerprint density at radius 3 is 2.51 bits per heavy atom. The molecular formula is C30H18Br2N4O5. The third-order valence-corrected chi connectivity index (χ3v) is 7.43. The van der Waals surface area contributed by atoms with Crippen LogP contribution < -0.4 is 10.3 Å². The molecule has 0 saturated carbocycles. The van der Waals surface area contributed by atoms with E-state index in [0.29, 0.717) is 48.1 Å². The van der Waals surface area contributed by atoms with Gasteiger partial charge in [0.05, 0.1) is 31.0 Å². The zero-order chi connectivity index (χ0) is 28.5. The first-order valence-corrected chi connectivity index (χ1v) is 13.9. The van der Waals surface area contributed by atoms with Crippen LogP contribution in [-0.2, 0) is 6.61 Å². The SMILES string of the molecule is O=c1c2ccccc2nc(-c2cc3ccccc3o2)n1N=Cc1cc(Br)c(OCc2cccc([N+](=O)[O-])c2)c(Br)c1. The zero-order valence-corrected chi connectivity index (χ0v) is 24.2. The highest BCUT2D eigenvalue weighted by molar-refractivity contribution is 9.11. The van der Waals surface area contributed by atoms with Gasteiger partial charge in [-0.05, 0) is 79.4 Å². The maximum absolute atomic E-state index is 13.5. The number of furan rings is 1. The van der Waals surface area contributed by atoms with Gasteiger partial charge in [-0.15, -0.1) is 0 Å². The Morgan fingerprint density at radius 2 is 1.73 bits per heavy atom. The average molecular weight is 674 g/mol. The number of aromatic nitrogens is 2. The third kappa shape index (κ3) is 5.41. The Labute approximate surface area is 249 Å². The molecule has 0 unspecified atom stereocenters. The average Bonchev–Trinajstić information content (AvgIpc) is 3.41. The summed E-state index contributed by atoms with van der Waals surface area (Å²) < 4.78 is 14.4. The minimum absolute atomic E-state index is 0.00349. The van der Waals surface area contributed by atoms with Gasteiger partial charge >= 0.3 is 0 Å². The number of fused-ring (bicyclic) bond motifs is 2. The number of hydrogen-bond donors (Lipinski definition) is 0. The normalized spacial score (nSPS) is 11.5. The van der Waals surface area contributed by atoms with Gasteiger partial charge in [-0.25, -0.2) is 4.98 Å². The summed E-state index contributed by atoms with van der Waals surface area (Å²) in [6, 6.07) is 26.3. The van der Waals surface area contributed by atoms with Crippen molar-refractivity contribution in [3.8, 4) is 17.3 Å². The van der Waals surface area contributed by atoms with Gasteiger partial charge in [-0.2, -0.15) is 9.78 Å². The van der Waals surface area contributed by atoms with Crippen molar-refractivity contribution in [2.24, 2.45) is 5.10 Å². The van der Waals surface area contributed by atoms with Crippen molar-refractivity contribution in [1.82, 2.24) is 9.66 Å². The Kier molecular flexibility index (Phi) is 7.21. The molecule has 6 aromatic rings. The number of nitro benzene ring substituents is 1. The van der Waals surface area contributed by atoms with Crippen molar-refractivity contribution in [2.75, 3.05) is 0 Å². The fraction of sp³-hybridized carbons (Fsp3) is 0.0333. The molecule has 41 heavy (non-hydrogen) atoms. The fourth-order valence-electron chi connectivity index (χ4n) is 4.31. The summed E-state index contributed by atoms with van der Waals surface area (Å²) in [5.41, 5.74) is 2.20. The van der Waals surface area contributed by atoms with Crippen LogP contribution in [0.2, 0.25) is 0 Å². The molecule has 0 N–H and O–H groups in total. The standard InChI is InChI=1S/C30H18Br2N4O5/c31-23-13-19(14-24(32)28(23)40-17-18-6-5-8-21(12-18)36(38)39)16-33-35-29(27-15-20-7-1-4-11-26(20)41-27)34-25-10-3-2-9-22(25)30(35)37/h1-16H,17H2. The lowest BCUT2D eigenvalue weighted by molar-refractivity contribution is -0.384. The second-order valence-electron chi connectivity index (χ2n) is 8.99. The highest BCUT2D eigenvalue weighted by atomic mass is 79.9. The van der Waals surface area contributed by atoms with Crippen LogP contribution in [0.25, 0.3) is 33.5 Å². The van der Waals surface area contributed by atoms with E-state index in [1.807, 2.05) is 36.4 Å². The van der Waals surface area contributed by atoms with Gasteiger partial charge in [0, 0.05) is 17.5 Å². The first-order valence-electron chi connectivity index (χ1n) is 12.3. The number of ether oxygens (including phenoxy) is 1. The summed E-state index contributed by atoms with van der Waals surface area (Å²) in [4.78, 5) is 28.9. The Balaban J connectivity index is 1.34. The van der Waals surface area contributed by atoms with Crippen LogP contribution in [0.4, 0.5) is 5.69 Å². The number of non-ortho nitro benzene ring substituents is 1. The van der Waals surface area contributed by atoms with Gasteiger partial charge in [0.15, 0.2) is 5.76 Å². The molecule has 0 aliphatic rings. The van der Waals surface area contributed by atoms with Gasteiger partial charge in [-0.1, -0.05) is 42.5 Å². The van der Waals surface area contributed by atoms with Crippen LogP contribution >= 0.6 is 31.9 Å². The van der Waals surface area contributed by atoms with Crippen LogP contribution in [0.5, 0.6) is 5.75 Å². The van der Waals surface area contributed by atoms with Crippen molar-refractivity contribution >= 4 is 65.6 Å². The summed E-state index contributed by atoms with van der Waals surface area (Å²) in [5, 5.41) is 16.9. The molecule has 0 aliphatic carbocycles. The second kappa shape index (κ2) is 11.1. The van der Waals surface area contributed by atoms with E-state index in [2.05, 4.69) is 37.0 Å². The largest absolute Gasteiger partial charge is 0.487 e. The lowest BCUT2D eigenvalue weighted by atomic mass is 10.2. The topological polar surface area (TPSA) is 113 Å². The number of para-hydroxylation sites is 2. The maximum atomic E-state index is 13.5. The Hall–Kier alpha value is -4.61. The van der Waals surface area contributed by atoms with Gasteiger partial charge in [0.1, 0.15) is 17.9 Å². The van der Waals surface area contributed by atoms with Crippen molar-refractivity contribution in [3.05, 3.63) is 132 Å². The molecule has 0 fully saturated rings. The van der Waals surface area contributed by atoms with Crippen LogP contribution in [0.3, 0.4) is 0 Å².